The molecule has 0 aliphatic heterocycles. The van der Waals surface area contributed by atoms with E-state index in [0.717, 1.165) is 53.0 Å². The van der Waals surface area contributed by atoms with Gasteiger partial charge in [0.15, 0.2) is 5.82 Å². The molecule has 2 aromatic heterocycles. The number of hydrogen-bond acceptors (Lipinski definition) is 7. The molecule has 0 amide bonds. The third-order valence-corrected chi connectivity index (χ3v) is 5.92. The number of rotatable bonds is 8. The van der Waals surface area contributed by atoms with Crippen LogP contribution in [0.2, 0.25) is 0 Å². The summed E-state index contributed by atoms with van der Waals surface area (Å²) in [6.07, 6.45) is 3.85. The Balaban J connectivity index is 1.66. The molecule has 3 aromatic carbocycles. The van der Waals surface area contributed by atoms with E-state index in [1.54, 1.807) is 12.4 Å². The van der Waals surface area contributed by atoms with Gasteiger partial charge >= 0.3 is 5.97 Å². The number of carbonyl (C=O) groups excluding carboxylic acids is 1. The zero-order valence-electron chi connectivity index (χ0n) is 19.5. The van der Waals surface area contributed by atoms with E-state index in [0.29, 0.717) is 16.9 Å². The van der Waals surface area contributed by atoms with Gasteiger partial charge in [-0.15, -0.1) is 5.10 Å². The van der Waals surface area contributed by atoms with Gasteiger partial charge in [0.05, 0.1) is 23.7 Å². The van der Waals surface area contributed by atoms with Crippen molar-refractivity contribution in [1.82, 2.24) is 30.2 Å². The van der Waals surface area contributed by atoms with Crippen molar-refractivity contribution < 1.29 is 9.53 Å². The van der Waals surface area contributed by atoms with Crippen LogP contribution in [0.1, 0.15) is 30.1 Å². The number of esters is 1. The zero-order valence-corrected chi connectivity index (χ0v) is 19.5. The second-order valence-electron chi connectivity index (χ2n) is 8.09. The fourth-order valence-corrected chi connectivity index (χ4v) is 4.20. The number of hydrogen-bond donors (Lipinski definition) is 2. The molecule has 0 radical (unpaired) electrons. The summed E-state index contributed by atoms with van der Waals surface area (Å²) in [7, 11) is 1.38. The number of tetrazole rings is 1. The smallest absolute Gasteiger partial charge is 0.340 e. The number of fused-ring (bicyclic) bond motifs is 1. The Kier molecular flexibility index (Phi) is 6.21. The molecule has 2 heterocycles. The number of anilines is 1. The van der Waals surface area contributed by atoms with Gasteiger partial charge < -0.3 is 10.1 Å². The molecule has 0 saturated heterocycles. The van der Waals surface area contributed by atoms with Gasteiger partial charge in [-0.05, 0) is 46.7 Å². The number of imidazole rings is 1. The van der Waals surface area contributed by atoms with Crippen molar-refractivity contribution >= 4 is 22.7 Å². The molecular formula is C26H25N7O2. The molecule has 0 bridgehead atoms. The van der Waals surface area contributed by atoms with Crippen LogP contribution >= 0.6 is 0 Å². The van der Waals surface area contributed by atoms with E-state index in [-0.39, 0.29) is 0 Å². The number of benzene rings is 3. The SMILES string of the molecule is CCCCNc1cc(-n2cnc3cccc(C(=O)OC)c32)ccc1-c1ccccc1-c1nnn[nH]1. The minimum Gasteiger partial charge on any atom is -0.465 e. The molecule has 0 aliphatic carbocycles. The summed E-state index contributed by atoms with van der Waals surface area (Å²) < 4.78 is 6.93. The molecule has 9 heteroatoms. The highest BCUT2D eigenvalue weighted by Gasteiger charge is 2.18. The van der Waals surface area contributed by atoms with Gasteiger partial charge in [-0.1, -0.05) is 49.7 Å². The third kappa shape index (κ3) is 4.23. The van der Waals surface area contributed by atoms with Crippen molar-refractivity contribution in [1.29, 1.82) is 0 Å². The summed E-state index contributed by atoms with van der Waals surface area (Å²) in [5, 5.41) is 18.0. The first-order chi connectivity index (χ1) is 17.2. The van der Waals surface area contributed by atoms with Crippen LogP contribution < -0.4 is 5.32 Å². The van der Waals surface area contributed by atoms with Gasteiger partial charge in [0, 0.05) is 29.0 Å². The van der Waals surface area contributed by atoms with Gasteiger partial charge in [0.25, 0.3) is 0 Å². The molecule has 0 atom stereocenters. The summed E-state index contributed by atoms with van der Waals surface area (Å²) in [5.74, 6) is 0.206. The number of H-pyrrole nitrogens is 1. The molecule has 0 spiro atoms. The quantitative estimate of drug-likeness (QED) is 0.247. The number of aromatic amines is 1. The number of carbonyl (C=O) groups is 1. The van der Waals surface area contributed by atoms with Gasteiger partial charge in [-0.2, -0.15) is 0 Å². The van der Waals surface area contributed by atoms with Crippen molar-refractivity contribution in [3.05, 3.63) is 72.6 Å². The first-order valence-electron chi connectivity index (χ1n) is 11.5. The van der Waals surface area contributed by atoms with Crippen LogP contribution in [-0.2, 0) is 4.74 Å². The molecule has 5 aromatic rings. The minimum atomic E-state index is -0.398. The van der Waals surface area contributed by atoms with E-state index in [9.17, 15) is 4.79 Å². The molecule has 0 fully saturated rings. The first kappa shape index (κ1) is 22.3. The average Bonchev–Trinajstić information content (AvgIpc) is 3.59. The summed E-state index contributed by atoms with van der Waals surface area (Å²) >= 11 is 0. The summed E-state index contributed by atoms with van der Waals surface area (Å²) in [5.41, 5.74) is 6.68. The van der Waals surface area contributed by atoms with Crippen LogP contribution in [-0.4, -0.2) is 49.8 Å². The van der Waals surface area contributed by atoms with Crippen LogP contribution in [0.5, 0.6) is 0 Å². The number of para-hydroxylation sites is 1. The van der Waals surface area contributed by atoms with Crippen molar-refractivity contribution in [2.75, 3.05) is 19.0 Å². The third-order valence-electron chi connectivity index (χ3n) is 5.92. The first-order valence-corrected chi connectivity index (χ1v) is 11.5. The lowest BCUT2D eigenvalue weighted by atomic mass is 9.97. The molecule has 176 valence electrons. The lowest BCUT2D eigenvalue weighted by Gasteiger charge is -2.17. The highest BCUT2D eigenvalue weighted by Crippen LogP contribution is 2.36. The number of nitrogens with one attached hydrogen (secondary N) is 2. The topological polar surface area (TPSA) is 111 Å². The van der Waals surface area contributed by atoms with Crippen LogP contribution in [0.25, 0.3) is 39.2 Å². The Bertz CT molecular complexity index is 1470. The van der Waals surface area contributed by atoms with Crippen LogP contribution in [0, 0.1) is 0 Å². The lowest BCUT2D eigenvalue weighted by molar-refractivity contribution is 0.0602. The Hall–Kier alpha value is -4.53. The second-order valence-corrected chi connectivity index (χ2v) is 8.09. The lowest BCUT2D eigenvalue weighted by Crippen LogP contribution is -2.06. The normalized spacial score (nSPS) is 11.0. The van der Waals surface area contributed by atoms with E-state index in [1.165, 1.54) is 7.11 Å². The number of aromatic nitrogens is 6. The molecule has 0 unspecified atom stereocenters. The predicted molar refractivity (Wildman–Crippen MR) is 134 cm³/mol. The van der Waals surface area contributed by atoms with Crippen molar-refractivity contribution in [3.63, 3.8) is 0 Å². The number of methoxy groups -OCH3 is 1. The highest BCUT2D eigenvalue weighted by atomic mass is 16.5. The van der Waals surface area contributed by atoms with E-state index < -0.39 is 5.97 Å². The number of ether oxygens (including phenoxy) is 1. The van der Waals surface area contributed by atoms with Gasteiger partial charge in [-0.25, -0.2) is 14.9 Å². The summed E-state index contributed by atoms with van der Waals surface area (Å²) in [6, 6.07) is 19.6. The van der Waals surface area contributed by atoms with Gasteiger partial charge in [0.2, 0.25) is 0 Å². The van der Waals surface area contributed by atoms with Crippen molar-refractivity contribution in [3.8, 4) is 28.2 Å². The Morgan fingerprint density at radius 3 is 2.69 bits per heavy atom. The van der Waals surface area contributed by atoms with E-state index in [1.807, 2.05) is 41.0 Å². The molecule has 9 nitrogen and oxygen atoms in total. The predicted octanol–water partition coefficient (Wildman–Crippen LogP) is 4.87. The second kappa shape index (κ2) is 9.76. The monoisotopic (exact) mass is 467 g/mol. The Morgan fingerprint density at radius 2 is 1.91 bits per heavy atom. The van der Waals surface area contributed by atoms with Crippen LogP contribution in [0.3, 0.4) is 0 Å². The fourth-order valence-electron chi connectivity index (χ4n) is 4.20. The molecule has 35 heavy (non-hydrogen) atoms. The summed E-state index contributed by atoms with van der Waals surface area (Å²) in [4.78, 5) is 17.0. The minimum absolute atomic E-state index is 0.398. The van der Waals surface area contributed by atoms with Crippen molar-refractivity contribution in [2.24, 2.45) is 0 Å². The highest BCUT2D eigenvalue weighted by molar-refractivity contribution is 6.02. The Labute approximate surface area is 202 Å². The molecular weight excluding hydrogens is 442 g/mol. The van der Waals surface area contributed by atoms with Gasteiger partial charge in [0.1, 0.15) is 6.33 Å². The molecule has 5 rings (SSSR count). The van der Waals surface area contributed by atoms with Crippen LogP contribution in [0.4, 0.5) is 5.69 Å². The standard InChI is InChI=1S/C26H25N7O2/c1-3-4-14-27-23-15-17(33-16-28-22-11-7-10-21(24(22)33)26(34)35-2)12-13-19(23)18-8-5-6-9-20(18)25-29-31-32-30-25/h5-13,15-16,27H,3-4,14H2,1-2H3,(H,29,30,31,32). The van der Waals surface area contributed by atoms with E-state index in [2.05, 4.69) is 56.0 Å². The average molecular weight is 468 g/mol. The largest absolute Gasteiger partial charge is 0.465 e. The maximum Gasteiger partial charge on any atom is 0.340 e. The van der Waals surface area contributed by atoms with Crippen molar-refractivity contribution in [2.45, 2.75) is 19.8 Å². The zero-order chi connectivity index (χ0) is 24.2. The van der Waals surface area contributed by atoms with E-state index >= 15 is 0 Å². The summed E-state index contributed by atoms with van der Waals surface area (Å²) in [6.45, 7) is 2.99. The van der Waals surface area contributed by atoms with Gasteiger partial charge in [-0.3, -0.25) is 4.57 Å². The number of nitrogens with zero attached hydrogens (tertiary/aromatic N) is 5. The van der Waals surface area contributed by atoms with E-state index in [4.69, 9.17) is 4.74 Å². The maximum atomic E-state index is 12.4. The Morgan fingerprint density at radius 1 is 1.06 bits per heavy atom. The molecule has 2 N–H and O–H groups in total. The fraction of sp³-hybridized carbons (Fsp3) is 0.192. The number of unbranched alkanes of at least 4 members (excludes halogenated alkanes) is 1. The van der Waals surface area contributed by atoms with Crippen LogP contribution in [0.15, 0.2) is 67.0 Å². The molecule has 0 aliphatic rings. The molecule has 0 saturated carbocycles. The maximum absolute atomic E-state index is 12.4.